The summed E-state index contributed by atoms with van der Waals surface area (Å²) in [4.78, 5) is 0. The number of hydrogen-bond acceptors (Lipinski definition) is 2. The van der Waals surface area contributed by atoms with Crippen LogP contribution >= 0.6 is 12.4 Å². The lowest BCUT2D eigenvalue weighted by atomic mass is 10.1. The Morgan fingerprint density at radius 2 is 2.00 bits per heavy atom. The van der Waals surface area contributed by atoms with Crippen LogP contribution in [-0.4, -0.2) is 13.0 Å². The minimum atomic E-state index is -2.46. The van der Waals surface area contributed by atoms with Crippen molar-refractivity contribution in [2.45, 2.75) is 26.3 Å². The largest absolute Gasteiger partial charge is 0.487 e. The average Bonchev–Trinajstić information content (AvgIpc) is 2.16. The Hall–Kier alpha value is -0.870. The molecule has 1 unspecified atom stereocenters. The van der Waals surface area contributed by atoms with E-state index in [1.54, 1.807) is 6.07 Å². The van der Waals surface area contributed by atoms with Gasteiger partial charge in [-0.05, 0) is 31.0 Å². The van der Waals surface area contributed by atoms with E-state index >= 15 is 0 Å². The van der Waals surface area contributed by atoms with Crippen molar-refractivity contribution in [1.82, 2.24) is 0 Å². The minimum Gasteiger partial charge on any atom is -0.487 e. The third-order valence-corrected chi connectivity index (χ3v) is 2.10. The molecule has 16 heavy (non-hydrogen) atoms. The summed E-state index contributed by atoms with van der Waals surface area (Å²) in [6.07, 6.45) is -2.46. The highest BCUT2D eigenvalue weighted by Crippen LogP contribution is 2.22. The van der Waals surface area contributed by atoms with E-state index in [1.165, 1.54) is 0 Å². The Labute approximate surface area is 100 Å². The van der Waals surface area contributed by atoms with Crippen LogP contribution in [0.15, 0.2) is 18.2 Å². The highest BCUT2D eigenvalue weighted by atomic mass is 35.5. The lowest BCUT2D eigenvalue weighted by Gasteiger charge is -2.12. The highest BCUT2D eigenvalue weighted by molar-refractivity contribution is 5.85. The zero-order chi connectivity index (χ0) is 11.4. The molecule has 0 heterocycles. The third-order valence-electron chi connectivity index (χ3n) is 2.10. The zero-order valence-corrected chi connectivity index (χ0v) is 10.1. The predicted molar refractivity (Wildman–Crippen MR) is 62.5 cm³/mol. The van der Waals surface area contributed by atoms with Crippen molar-refractivity contribution in [2.24, 2.45) is 5.73 Å². The van der Waals surface area contributed by atoms with Gasteiger partial charge >= 0.3 is 0 Å². The van der Waals surface area contributed by atoms with Gasteiger partial charge in [0.2, 0.25) is 0 Å². The maximum atomic E-state index is 12.0. The minimum absolute atomic E-state index is 0. The molecule has 0 aromatic heterocycles. The topological polar surface area (TPSA) is 35.2 Å². The first-order valence-electron chi connectivity index (χ1n) is 4.77. The molecule has 1 atom stereocenters. The van der Waals surface area contributed by atoms with E-state index in [9.17, 15) is 8.78 Å². The SMILES string of the molecule is Cc1ccc(C(C)N)cc1OCC(F)F.Cl. The van der Waals surface area contributed by atoms with E-state index in [2.05, 4.69) is 0 Å². The number of benzene rings is 1. The molecule has 0 amide bonds. The molecule has 0 aliphatic heterocycles. The summed E-state index contributed by atoms with van der Waals surface area (Å²) in [6, 6.07) is 5.27. The second-order valence-electron chi connectivity index (χ2n) is 3.52. The van der Waals surface area contributed by atoms with Crippen LogP contribution in [0, 0.1) is 6.92 Å². The van der Waals surface area contributed by atoms with Gasteiger partial charge in [0.05, 0.1) is 0 Å². The third kappa shape index (κ3) is 4.33. The molecule has 0 bridgehead atoms. The van der Waals surface area contributed by atoms with Crippen LogP contribution < -0.4 is 10.5 Å². The molecular weight excluding hydrogens is 236 g/mol. The van der Waals surface area contributed by atoms with Crippen LogP contribution in [0.25, 0.3) is 0 Å². The second-order valence-corrected chi connectivity index (χ2v) is 3.52. The Balaban J connectivity index is 0.00000225. The number of halogens is 3. The van der Waals surface area contributed by atoms with Gasteiger partial charge in [-0.1, -0.05) is 12.1 Å². The number of alkyl halides is 2. The molecule has 5 heteroatoms. The van der Waals surface area contributed by atoms with Gasteiger partial charge in [0, 0.05) is 6.04 Å². The van der Waals surface area contributed by atoms with E-state index in [-0.39, 0.29) is 18.4 Å². The Kier molecular flexibility index (Phi) is 6.29. The van der Waals surface area contributed by atoms with Gasteiger partial charge < -0.3 is 10.5 Å². The number of hydrogen-bond donors (Lipinski definition) is 1. The average molecular weight is 252 g/mol. The first-order chi connectivity index (χ1) is 7.00. The standard InChI is InChI=1S/C11H15F2NO.ClH/c1-7-3-4-9(8(2)14)5-10(7)15-6-11(12)13;/h3-5,8,11H,6,14H2,1-2H3;1H. The summed E-state index contributed by atoms with van der Waals surface area (Å²) in [5.41, 5.74) is 7.40. The maximum absolute atomic E-state index is 12.0. The van der Waals surface area contributed by atoms with Crippen LogP contribution in [0.4, 0.5) is 8.78 Å². The lowest BCUT2D eigenvalue weighted by molar-refractivity contribution is 0.0815. The van der Waals surface area contributed by atoms with Gasteiger partial charge in [0.1, 0.15) is 12.4 Å². The molecule has 2 N–H and O–H groups in total. The van der Waals surface area contributed by atoms with Crippen LogP contribution in [0.1, 0.15) is 24.1 Å². The lowest BCUT2D eigenvalue weighted by Crippen LogP contribution is -2.09. The summed E-state index contributed by atoms with van der Waals surface area (Å²) in [7, 11) is 0. The Morgan fingerprint density at radius 1 is 1.38 bits per heavy atom. The molecule has 0 aliphatic carbocycles. The molecule has 1 rings (SSSR count). The van der Waals surface area contributed by atoms with Crippen molar-refractivity contribution >= 4 is 12.4 Å². The molecule has 0 radical (unpaired) electrons. The van der Waals surface area contributed by atoms with E-state index in [0.717, 1.165) is 11.1 Å². The number of aryl methyl sites for hydroxylation is 1. The van der Waals surface area contributed by atoms with Crippen molar-refractivity contribution in [2.75, 3.05) is 6.61 Å². The van der Waals surface area contributed by atoms with Crippen molar-refractivity contribution in [3.63, 3.8) is 0 Å². The summed E-state index contributed by atoms with van der Waals surface area (Å²) in [5, 5.41) is 0. The summed E-state index contributed by atoms with van der Waals surface area (Å²) in [5.74, 6) is 0.477. The Morgan fingerprint density at radius 3 is 2.50 bits per heavy atom. The highest BCUT2D eigenvalue weighted by Gasteiger charge is 2.08. The van der Waals surface area contributed by atoms with Gasteiger partial charge in [-0.15, -0.1) is 12.4 Å². The van der Waals surface area contributed by atoms with Crippen LogP contribution in [0.3, 0.4) is 0 Å². The summed E-state index contributed by atoms with van der Waals surface area (Å²) in [6.45, 7) is 3.07. The van der Waals surface area contributed by atoms with E-state index in [4.69, 9.17) is 10.5 Å². The van der Waals surface area contributed by atoms with Crippen LogP contribution in [-0.2, 0) is 0 Å². The van der Waals surface area contributed by atoms with Gasteiger partial charge in [0.25, 0.3) is 6.43 Å². The molecular formula is C11H16ClF2NO. The van der Waals surface area contributed by atoms with Gasteiger partial charge in [-0.2, -0.15) is 0 Å². The van der Waals surface area contributed by atoms with E-state index < -0.39 is 13.0 Å². The second kappa shape index (κ2) is 6.66. The van der Waals surface area contributed by atoms with E-state index in [1.807, 2.05) is 26.0 Å². The first-order valence-corrected chi connectivity index (χ1v) is 4.77. The fraction of sp³-hybridized carbons (Fsp3) is 0.455. The fourth-order valence-electron chi connectivity index (χ4n) is 1.21. The molecule has 1 aromatic rings. The fourth-order valence-corrected chi connectivity index (χ4v) is 1.21. The number of ether oxygens (including phenoxy) is 1. The van der Waals surface area contributed by atoms with E-state index in [0.29, 0.717) is 5.75 Å². The van der Waals surface area contributed by atoms with Crippen molar-refractivity contribution < 1.29 is 13.5 Å². The molecule has 0 fully saturated rings. The van der Waals surface area contributed by atoms with Crippen molar-refractivity contribution in [3.8, 4) is 5.75 Å². The molecule has 1 aromatic carbocycles. The predicted octanol–water partition coefficient (Wildman–Crippen LogP) is 3.08. The first kappa shape index (κ1) is 15.1. The van der Waals surface area contributed by atoms with Crippen LogP contribution in [0.2, 0.25) is 0 Å². The molecule has 92 valence electrons. The molecule has 0 spiro atoms. The monoisotopic (exact) mass is 251 g/mol. The van der Waals surface area contributed by atoms with Crippen LogP contribution in [0.5, 0.6) is 5.75 Å². The summed E-state index contributed by atoms with van der Waals surface area (Å²) < 4.78 is 28.9. The Bertz CT molecular complexity index is 332. The molecule has 0 aliphatic rings. The maximum Gasteiger partial charge on any atom is 0.272 e. The van der Waals surface area contributed by atoms with Gasteiger partial charge in [0.15, 0.2) is 0 Å². The van der Waals surface area contributed by atoms with Crippen molar-refractivity contribution in [3.05, 3.63) is 29.3 Å². The quantitative estimate of drug-likeness (QED) is 0.893. The number of rotatable bonds is 4. The molecule has 0 saturated heterocycles. The van der Waals surface area contributed by atoms with Gasteiger partial charge in [-0.25, -0.2) is 8.78 Å². The normalized spacial score (nSPS) is 12.1. The summed E-state index contributed by atoms with van der Waals surface area (Å²) >= 11 is 0. The van der Waals surface area contributed by atoms with Gasteiger partial charge in [-0.3, -0.25) is 0 Å². The number of nitrogens with two attached hydrogens (primary N) is 1. The smallest absolute Gasteiger partial charge is 0.272 e. The molecule has 2 nitrogen and oxygen atoms in total. The molecule has 0 saturated carbocycles. The zero-order valence-electron chi connectivity index (χ0n) is 9.24. The van der Waals surface area contributed by atoms with Crippen molar-refractivity contribution in [1.29, 1.82) is 0 Å².